The van der Waals surface area contributed by atoms with Gasteiger partial charge in [0.15, 0.2) is 11.5 Å². The van der Waals surface area contributed by atoms with Crippen LogP contribution in [0.1, 0.15) is 42.9 Å². The van der Waals surface area contributed by atoms with Crippen LogP contribution in [0.25, 0.3) is 0 Å². The van der Waals surface area contributed by atoms with Gasteiger partial charge in [-0.2, -0.15) is 0 Å². The number of sulfonamides is 1. The number of benzene rings is 2. The van der Waals surface area contributed by atoms with Gasteiger partial charge in [-0.05, 0) is 68.4 Å². The largest absolute Gasteiger partial charge is 0.493 e. The number of hydrogen-bond donors (Lipinski definition) is 1. The average Bonchev–Trinajstić information content (AvgIpc) is 2.84. The van der Waals surface area contributed by atoms with Crippen molar-refractivity contribution >= 4 is 15.9 Å². The molecule has 1 N–H and O–H groups in total. The first kappa shape index (κ1) is 26.0. The lowest BCUT2D eigenvalue weighted by Crippen LogP contribution is -2.43. The Kier molecular flexibility index (Phi) is 9.36. The van der Waals surface area contributed by atoms with Crippen molar-refractivity contribution in [3.63, 3.8) is 0 Å². The quantitative estimate of drug-likeness (QED) is 0.488. The lowest BCUT2D eigenvalue weighted by atomic mass is 9.97. The minimum Gasteiger partial charge on any atom is -0.493 e. The molecule has 0 atom stereocenters. The summed E-state index contributed by atoms with van der Waals surface area (Å²) >= 11 is 0. The molecule has 186 valence electrons. The number of aryl methyl sites for hydroxylation is 2. The van der Waals surface area contributed by atoms with Crippen LogP contribution in [0.5, 0.6) is 11.5 Å². The van der Waals surface area contributed by atoms with Crippen LogP contribution in [0.2, 0.25) is 0 Å². The van der Waals surface area contributed by atoms with E-state index in [9.17, 15) is 13.2 Å². The number of carbonyl (C=O) groups excluding carboxylic acids is 1. The van der Waals surface area contributed by atoms with Crippen LogP contribution in [0.4, 0.5) is 0 Å². The van der Waals surface area contributed by atoms with E-state index < -0.39 is 10.0 Å². The summed E-state index contributed by atoms with van der Waals surface area (Å²) < 4.78 is 38.2. The fourth-order valence-electron chi connectivity index (χ4n) is 4.25. The van der Waals surface area contributed by atoms with Gasteiger partial charge in [0.2, 0.25) is 15.9 Å². The third-order valence-corrected chi connectivity index (χ3v) is 8.11. The molecule has 1 amide bonds. The summed E-state index contributed by atoms with van der Waals surface area (Å²) in [5, 5.41) is 3.02. The molecule has 1 aliphatic rings. The fourth-order valence-corrected chi connectivity index (χ4v) is 5.91. The predicted octanol–water partition coefficient (Wildman–Crippen LogP) is 3.69. The maximum absolute atomic E-state index is 12.8. The molecule has 7 nitrogen and oxygen atoms in total. The number of hydrogen-bond acceptors (Lipinski definition) is 5. The molecule has 0 spiro atoms. The van der Waals surface area contributed by atoms with Gasteiger partial charge in [0, 0.05) is 25.6 Å². The summed E-state index contributed by atoms with van der Waals surface area (Å²) in [7, 11) is -1.76. The van der Waals surface area contributed by atoms with E-state index in [1.54, 1.807) is 7.11 Å². The van der Waals surface area contributed by atoms with E-state index in [0.29, 0.717) is 44.8 Å². The van der Waals surface area contributed by atoms with Crippen molar-refractivity contribution < 1.29 is 22.7 Å². The lowest BCUT2D eigenvalue weighted by molar-refractivity contribution is -0.126. The topological polar surface area (TPSA) is 84.9 Å². The number of carbonyl (C=O) groups is 1. The second-order valence-corrected chi connectivity index (χ2v) is 10.6. The van der Waals surface area contributed by atoms with Gasteiger partial charge in [-0.25, -0.2) is 12.7 Å². The summed E-state index contributed by atoms with van der Waals surface area (Å²) in [5.41, 5.74) is 2.93. The van der Waals surface area contributed by atoms with Crippen molar-refractivity contribution in [3.8, 4) is 11.5 Å². The average molecular weight is 489 g/mol. The number of nitrogens with one attached hydrogen (secondary N) is 1. The highest BCUT2D eigenvalue weighted by Crippen LogP contribution is 2.28. The molecule has 0 aromatic heterocycles. The van der Waals surface area contributed by atoms with Gasteiger partial charge in [-0.3, -0.25) is 4.79 Å². The van der Waals surface area contributed by atoms with Gasteiger partial charge < -0.3 is 14.8 Å². The summed E-state index contributed by atoms with van der Waals surface area (Å²) in [4.78, 5) is 12.6. The first-order valence-corrected chi connectivity index (χ1v) is 13.5. The minimum atomic E-state index is -3.39. The first-order valence-electron chi connectivity index (χ1n) is 11.9. The Labute approximate surface area is 203 Å². The molecule has 0 unspecified atom stereocenters. The van der Waals surface area contributed by atoms with Crippen molar-refractivity contribution in [1.82, 2.24) is 9.62 Å². The van der Waals surface area contributed by atoms with Gasteiger partial charge in [-0.1, -0.05) is 30.3 Å². The van der Waals surface area contributed by atoms with Crippen LogP contribution in [-0.2, 0) is 27.0 Å². The normalized spacial score (nSPS) is 15.1. The van der Waals surface area contributed by atoms with Crippen LogP contribution < -0.4 is 14.8 Å². The van der Waals surface area contributed by atoms with E-state index in [2.05, 4.69) is 5.32 Å². The molecule has 0 radical (unpaired) electrons. The third-order valence-electron chi connectivity index (χ3n) is 6.29. The number of piperidine rings is 1. The van der Waals surface area contributed by atoms with Gasteiger partial charge in [0.1, 0.15) is 0 Å². The number of nitrogens with zero attached hydrogens (tertiary/aromatic N) is 1. The second-order valence-electron chi connectivity index (χ2n) is 8.67. The molecular formula is C26H36N2O5S. The van der Waals surface area contributed by atoms with Crippen molar-refractivity contribution in [1.29, 1.82) is 0 Å². The Morgan fingerprint density at radius 1 is 1.12 bits per heavy atom. The number of ether oxygens (including phenoxy) is 2. The van der Waals surface area contributed by atoms with Crippen LogP contribution >= 0.6 is 0 Å². The molecule has 0 saturated carbocycles. The molecule has 1 heterocycles. The third kappa shape index (κ3) is 6.96. The summed E-state index contributed by atoms with van der Waals surface area (Å²) in [5.74, 6) is 1.32. The Bertz CT molecular complexity index is 1060. The van der Waals surface area contributed by atoms with E-state index in [0.717, 1.165) is 35.3 Å². The highest BCUT2D eigenvalue weighted by molar-refractivity contribution is 7.88. The van der Waals surface area contributed by atoms with Gasteiger partial charge in [-0.15, -0.1) is 0 Å². The first-order chi connectivity index (χ1) is 16.3. The Morgan fingerprint density at radius 2 is 1.85 bits per heavy atom. The lowest BCUT2D eigenvalue weighted by Gasteiger charge is -2.30. The van der Waals surface area contributed by atoms with E-state index in [1.165, 1.54) is 4.31 Å². The zero-order valence-electron chi connectivity index (χ0n) is 20.4. The Hall–Kier alpha value is -2.58. The zero-order chi connectivity index (χ0) is 24.6. The number of rotatable bonds is 11. The molecule has 0 aliphatic carbocycles. The number of amides is 1. The van der Waals surface area contributed by atoms with Crippen molar-refractivity contribution in [2.24, 2.45) is 5.92 Å². The van der Waals surface area contributed by atoms with Gasteiger partial charge in [0.05, 0.1) is 19.5 Å². The van der Waals surface area contributed by atoms with Crippen molar-refractivity contribution in [2.45, 2.75) is 45.3 Å². The molecule has 2 aromatic rings. The SMILES string of the molecule is CCOc1ccc(CCCNC(=O)C2CCN(S(=O)(=O)Cc3ccccc3C)CC2)cc1OC. The molecule has 1 saturated heterocycles. The highest BCUT2D eigenvalue weighted by atomic mass is 32.2. The van der Waals surface area contributed by atoms with E-state index in [4.69, 9.17) is 9.47 Å². The molecule has 8 heteroatoms. The smallest absolute Gasteiger partial charge is 0.223 e. The van der Waals surface area contributed by atoms with E-state index in [-0.39, 0.29) is 17.6 Å². The molecule has 1 aliphatic heterocycles. The van der Waals surface area contributed by atoms with Crippen LogP contribution in [0.3, 0.4) is 0 Å². The summed E-state index contributed by atoms with van der Waals surface area (Å²) in [6.07, 6.45) is 2.73. The molecule has 3 rings (SSSR count). The maximum Gasteiger partial charge on any atom is 0.223 e. The van der Waals surface area contributed by atoms with E-state index in [1.807, 2.05) is 56.3 Å². The number of methoxy groups -OCH3 is 1. The second kappa shape index (κ2) is 12.2. The van der Waals surface area contributed by atoms with Gasteiger partial charge >= 0.3 is 0 Å². The van der Waals surface area contributed by atoms with Crippen LogP contribution in [0.15, 0.2) is 42.5 Å². The Balaban J connectivity index is 1.41. The predicted molar refractivity (Wildman–Crippen MR) is 134 cm³/mol. The standard InChI is InChI=1S/C26H36N2O5S/c1-4-33-24-12-11-21(18-25(24)32-3)9-7-15-27-26(29)22-13-16-28(17-14-22)34(30,31)19-23-10-6-5-8-20(23)2/h5-6,8,10-12,18,22H,4,7,9,13-17,19H2,1-3H3,(H,27,29). The fraction of sp³-hybridized carbons (Fsp3) is 0.500. The monoisotopic (exact) mass is 488 g/mol. The van der Waals surface area contributed by atoms with Crippen molar-refractivity contribution in [3.05, 3.63) is 59.2 Å². The molecular weight excluding hydrogens is 452 g/mol. The van der Waals surface area contributed by atoms with Crippen LogP contribution in [-0.4, -0.2) is 52.0 Å². The molecule has 0 bridgehead atoms. The summed E-state index contributed by atoms with van der Waals surface area (Å²) in [6.45, 7) is 5.80. The minimum absolute atomic E-state index is 0.00682. The molecule has 2 aromatic carbocycles. The van der Waals surface area contributed by atoms with E-state index >= 15 is 0 Å². The van der Waals surface area contributed by atoms with Gasteiger partial charge in [0.25, 0.3) is 0 Å². The molecule has 1 fully saturated rings. The Morgan fingerprint density at radius 3 is 2.53 bits per heavy atom. The highest BCUT2D eigenvalue weighted by Gasteiger charge is 2.31. The summed E-state index contributed by atoms with van der Waals surface area (Å²) in [6, 6.07) is 13.5. The zero-order valence-corrected chi connectivity index (χ0v) is 21.2. The van der Waals surface area contributed by atoms with Crippen molar-refractivity contribution in [2.75, 3.05) is 33.4 Å². The molecule has 34 heavy (non-hydrogen) atoms. The van der Waals surface area contributed by atoms with Crippen LogP contribution in [0, 0.1) is 12.8 Å². The maximum atomic E-state index is 12.8.